The van der Waals surface area contributed by atoms with Gasteiger partial charge in [0.15, 0.2) is 0 Å². The van der Waals surface area contributed by atoms with E-state index in [9.17, 15) is 4.79 Å². The highest BCUT2D eigenvalue weighted by atomic mass is 35.5. The second-order valence-corrected chi connectivity index (χ2v) is 4.93. The number of hydrogen-bond acceptors (Lipinski definition) is 1. The number of anilines is 1. The van der Waals surface area contributed by atoms with Crippen molar-refractivity contribution in [2.45, 2.75) is 5.92 Å². The number of rotatable bonds is 1. The molecule has 1 N–H and O–H groups in total. The molecule has 1 unspecified atom stereocenters. The van der Waals surface area contributed by atoms with E-state index in [0.717, 1.165) is 16.8 Å². The van der Waals surface area contributed by atoms with E-state index in [1.165, 1.54) is 0 Å². The van der Waals surface area contributed by atoms with Crippen LogP contribution >= 0.6 is 11.6 Å². The van der Waals surface area contributed by atoms with Crippen LogP contribution in [-0.2, 0) is 4.79 Å². The molecule has 2 nitrogen and oxygen atoms in total. The van der Waals surface area contributed by atoms with Gasteiger partial charge in [0.2, 0.25) is 0 Å². The second kappa shape index (κ2) is 4.56. The normalized spacial score (nSPS) is 17.8. The molecule has 0 saturated heterocycles. The average Bonchev–Trinajstić information content (AvgIpc) is 2.42. The smallest absolute Gasteiger partial charge is 0.251 e. The number of amides is 1. The van der Waals surface area contributed by atoms with Crippen LogP contribution in [0, 0.1) is 0 Å². The molecule has 1 amide bonds. The number of fused-ring (bicyclic) bond motifs is 1. The number of benzene rings is 2. The first-order valence-corrected chi connectivity index (χ1v) is 6.40. The van der Waals surface area contributed by atoms with Crippen LogP contribution in [0.4, 0.5) is 5.69 Å². The zero-order valence-electron chi connectivity index (χ0n) is 10.2. The van der Waals surface area contributed by atoms with Crippen LogP contribution in [0.15, 0.2) is 60.7 Å². The van der Waals surface area contributed by atoms with Crippen molar-refractivity contribution in [2.24, 2.45) is 0 Å². The number of carbonyl (C=O) groups is 1. The van der Waals surface area contributed by atoms with Gasteiger partial charge in [0.05, 0.1) is 0 Å². The van der Waals surface area contributed by atoms with Crippen molar-refractivity contribution in [2.75, 3.05) is 5.32 Å². The van der Waals surface area contributed by atoms with Gasteiger partial charge in [0.1, 0.15) is 0 Å². The van der Waals surface area contributed by atoms with Crippen LogP contribution < -0.4 is 5.32 Å². The van der Waals surface area contributed by atoms with E-state index in [2.05, 4.69) is 11.9 Å². The van der Waals surface area contributed by atoms with Gasteiger partial charge < -0.3 is 5.32 Å². The molecule has 19 heavy (non-hydrogen) atoms. The van der Waals surface area contributed by atoms with Gasteiger partial charge in [0.25, 0.3) is 5.91 Å². The molecule has 1 aliphatic rings. The SMILES string of the molecule is C=C1C(=O)Nc2ccccc2C1c1ccccc1Cl. The maximum absolute atomic E-state index is 12.0. The van der Waals surface area contributed by atoms with Gasteiger partial charge in [0, 0.05) is 22.2 Å². The van der Waals surface area contributed by atoms with Crippen molar-refractivity contribution in [3.63, 3.8) is 0 Å². The summed E-state index contributed by atoms with van der Waals surface area (Å²) in [5.41, 5.74) is 3.29. The third-order valence-corrected chi connectivity index (χ3v) is 3.72. The molecule has 0 bridgehead atoms. The Kier molecular flexibility index (Phi) is 2.88. The van der Waals surface area contributed by atoms with Gasteiger partial charge in [-0.05, 0) is 23.3 Å². The van der Waals surface area contributed by atoms with Crippen LogP contribution in [0.25, 0.3) is 0 Å². The first kappa shape index (κ1) is 12.0. The summed E-state index contributed by atoms with van der Waals surface area (Å²) in [4.78, 5) is 12.0. The predicted octanol–water partition coefficient (Wildman–Crippen LogP) is 3.98. The van der Waals surface area contributed by atoms with E-state index in [0.29, 0.717) is 10.6 Å². The zero-order valence-corrected chi connectivity index (χ0v) is 10.9. The summed E-state index contributed by atoms with van der Waals surface area (Å²) in [7, 11) is 0. The fourth-order valence-corrected chi connectivity index (χ4v) is 2.69. The fourth-order valence-electron chi connectivity index (χ4n) is 2.45. The molecule has 1 aliphatic heterocycles. The molecular weight excluding hydrogens is 258 g/mol. The number of carbonyl (C=O) groups excluding carboxylic acids is 1. The Labute approximate surface area is 116 Å². The van der Waals surface area contributed by atoms with Gasteiger partial charge in [-0.25, -0.2) is 0 Å². The lowest BCUT2D eigenvalue weighted by Gasteiger charge is -2.28. The van der Waals surface area contributed by atoms with E-state index in [1.54, 1.807) is 0 Å². The minimum Gasteiger partial charge on any atom is -0.322 e. The molecule has 3 heteroatoms. The average molecular weight is 270 g/mol. The molecule has 0 saturated carbocycles. The first-order chi connectivity index (χ1) is 9.18. The number of hydrogen-bond donors (Lipinski definition) is 1. The Morgan fingerprint density at radius 2 is 1.63 bits per heavy atom. The van der Waals surface area contributed by atoms with Gasteiger partial charge in [-0.1, -0.05) is 54.6 Å². The zero-order chi connectivity index (χ0) is 13.4. The number of halogens is 1. The maximum Gasteiger partial charge on any atom is 0.251 e. The molecule has 0 aromatic heterocycles. The summed E-state index contributed by atoms with van der Waals surface area (Å²) in [6.45, 7) is 3.92. The van der Waals surface area contributed by atoms with E-state index >= 15 is 0 Å². The summed E-state index contributed by atoms with van der Waals surface area (Å²) in [5.74, 6) is -0.331. The molecule has 0 spiro atoms. The van der Waals surface area contributed by atoms with Gasteiger partial charge in [-0.3, -0.25) is 4.79 Å². The van der Waals surface area contributed by atoms with Crippen molar-refractivity contribution in [3.05, 3.63) is 76.8 Å². The fraction of sp³-hybridized carbons (Fsp3) is 0.0625. The lowest BCUT2D eigenvalue weighted by molar-refractivity contribution is -0.113. The molecule has 2 aromatic carbocycles. The minimum absolute atomic E-state index is 0.149. The lowest BCUT2D eigenvalue weighted by atomic mass is 9.82. The molecular formula is C16H12ClNO. The van der Waals surface area contributed by atoms with E-state index < -0.39 is 0 Å². The largest absolute Gasteiger partial charge is 0.322 e. The lowest BCUT2D eigenvalue weighted by Crippen LogP contribution is -2.26. The highest BCUT2D eigenvalue weighted by Gasteiger charge is 2.30. The Hall–Kier alpha value is -2.06. The van der Waals surface area contributed by atoms with Gasteiger partial charge in [-0.15, -0.1) is 0 Å². The summed E-state index contributed by atoms with van der Waals surface area (Å²) in [5, 5.41) is 3.50. The van der Waals surface area contributed by atoms with Crippen molar-refractivity contribution < 1.29 is 4.79 Å². The summed E-state index contributed by atoms with van der Waals surface area (Å²) < 4.78 is 0. The Bertz CT molecular complexity index is 678. The highest BCUT2D eigenvalue weighted by Crippen LogP contribution is 2.41. The van der Waals surface area contributed by atoms with Crippen molar-refractivity contribution in [1.82, 2.24) is 0 Å². The molecule has 0 radical (unpaired) electrons. The molecule has 94 valence electrons. The first-order valence-electron chi connectivity index (χ1n) is 6.02. The number of para-hydroxylation sites is 1. The van der Waals surface area contributed by atoms with E-state index in [4.69, 9.17) is 11.6 Å². The van der Waals surface area contributed by atoms with Crippen LogP contribution in [-0.4, -0.2) is 5.91 Å². The molecule has 0 fully saturated rings. The molecule has 1 atom stereocenters. The molecule has 1 heterocycles. The molecule has 0 aliphatic carbocycles. The topological polar surface area (TPSA) is 29.1 Å². The second-order valence-electron chi connectivity index (χ2n) is 4.52. The Morgan fingerprint density at radius 1 is 1.00 bits per heavy atom. The molecule has 2 aromatic rings. The summed E-state index contributed by atoms with van der Waals surface area (Å²) in [6, 6.07) is 15.3. The number of nitrogens with one attached hydrogen (secondary N) is 1. The van der Waals surface area contributed by atoms with E-state index in [-0.39, 0.29) is 11.8 Å². The standard InChI is InChI=1S/C16H12ClNO/c1-10-15(11-6-2-4-8-13(11)17)12-7-3-5-9-14(12)18-16(10)19/h2-9,15H,1H2,(H,18,19). The van der Waals surface area contributed by atoms with Crippen LogP contribution in [0.1, 0.15) is 17.0 Å². The van der Waals surface area contributed by atoms with Crippen LogP contribution in [0.2, 0.25) is 5.02 Å². The van der Waals surface area contributed by atoms with E-state index in [1.807, 2.05) is 48.5 Å². The summed E-state index contributed by atoms with van der Waals surface area (Å²) in [6.07, 6.45) is 0. The van der Waals surface area contributed by atoms with Crippen molar-refractivity contribution in [3.8, 4) is 0 Å². The van der Waals surface area contributed by atoms with Crippen LogP contribution in [0.5, 0.6) is 0 Å². The Balaban J connectivity index is 2.22. The third kappa shape index (κ3) is 1.94. The quantitative estimate of drug-likeness (QED) is 0.780. The minimum atomic E-state index is -0.182. The van der Waals surface area contributed by atoms with Crippen molar-refractivity contribution >= 4 is 23.2 Å². The third-order valence-electron chi connectivity index (χ3n) is 3.38. The van der Waals surface area contributed by atoms with Gasteiger partial charge in [-0.2, -0.15) is 0 Å². The monoisotopic (exact) mass is 269 g/mol. The summed E-state index contributed by atoms with van der Waals surface area (Å²) >= 11 is 6.26. The van der Waals surface area contributed by atoms with Gasteiger partial charge >= 0.3 is 0 Å². The Morgan fingerprint density at radius 3 is 2.37 bits per heavy atom. The van der Waals surface area contributed by atoms with Crippen LogP contribution in [0.3, 0.4) is 0 Å². The highest BCUT2D eigenvalue weighted by molar-refractivity contribution is 6.31. The predicted molar refractivity (Wildman–Crippen MR) is 77.5 cm³/mol. The van der Waals surface area contributed by atoms with Crippen molar-refractivity contribution in [1.29, 1.82) is 0 Å². The molecule has 3 rings (SSSR count). The maximum atomic E-state index is 12.0.